The number of esters is 1. The highest BCUT2D eigenvalue weighted by Gasteiger charge is 2.61. The van der Waals surface area contributed by atoms with Crippen molar-refractivity contribution in [2.24, 2.45) is 16.3 Å². The lowest BCUT2D eigenvalue weighted by molar-refractivity contribution is -0.158. The Morgan fingerprint density at radius 3 is 2.87 bits per heavy atom. The van der Waals surface area contributed by atoms with Gasteiger partial charge in [0.15, 0.2) is 11.8 Å². The van der Waals surface area contributed by atoms with Crippen molar-refractivity contribution in [1.82, 2.24) is 4.90 Å². The molecule has 126 valence electrons. The van der Waals surface area contributed by atoms with Crippen LogP contribution in [0.4, 0.5) is 0 Å². The van der Waals surface area contributed by atoms with E-state index >= 15 is 0 Å². The van der Waals surface area contributed by atoms with Crippen LogP contribution in [0.5, 0.6) is 0 Å². The third-order valence-corrected chi connectivity index (χ3v) is 4.70. The summed E-state index contributed by atoms with van der Waals surface area (Å²) in [6.45, 7) is 13.6. The molecule has 6 heteroatoms. The molecule has 0 aromatic rings. The topological polar surface area (TPSA) is 60.4 Å². The van der Waals surface area contributed by atoms with Gasteiger partial charge in [-0.1, -0.05) is 13.5 Å². The molecular weight excluding hydrogens is 296 g/mol. The van der Waals surface area contributed by atoms with Crippen LogP contribution in [0.15, 0.2) is 29.5 Å². The highest BCUT2D eigenvalue weighted by atomic mass is 16.6. The first-order valence-corrected chi connectivity index (χ1v) is 7.89. The zero-order valence-corrected chi connectivity index (χ0v) is 14.3. The van der Waals surface area contributed by atoms with Crippen LogP contribution in [0.3, 0.4) is 0 Å². The van der Waals surface area contributed by atoms with Gasteiger partial charge in [-0.25, -0.2) is 0 Å². The molecule has 3 rings (SSSR count). The number of ether oxygens (including phenoxy) is 3. The predicted molar refractivity (Wildman–Crippen MR) is 85.3 cm³/mol. The number of hydrogen-bond donors (Lipinski definition) is 0. The Bertz CT molecular complexity index is 604. The van der Waals surface area contributed by atoms with Gasteiger partial charge in [-0.05, 0) is 33.8 Å². The third-order valence-electron chi connectivity index (χ3n) is 4.70. The van der Waals surface area contributed by atoms with Gasteiger partial charge in [0, 0.05) is 12.1 Å². The molecule has 0 saturated carbocycles. The minimum atomic E-state index is -0.535. The van der Waals surface area contributed by atoms with Crippen molar-refractivity contribution in [1.29, 1.82) is 0 Å². The fraction of sp³-hybridized carbons (Fsp3) is 0.647. The number of aliphatic imine (C=N–C) groups is 1. The molecule has 0 N–H and O–H groups in total. The normalized spacial score (nSPS) is 35.5. The summed E-state index contributed by atoms with van der Waals surface area (Å²) < 4.78 is 17.6. The number of amidine groups is 1. The summed E-state index contributed by atoms with van der Waals surface area (Å²) in [4.78, 5) is 18.1. The minimum absolute atomic E-state index is 0.0511. The average molecular weight is 320 g/mol. The molecule has 0 aromatic heterocycles. The highest BCUT2D eigenvalue weighted by molar-refractivity contribution is 5.81. The maximum atomic E-state index is 12.0. The number of carbonyl (C=O) groups is 1. The Kier molecular flexibility index (Phi) is 3.55. The maximum Gasteiger partial charge on any atom is 0.311 e. The number of rotatable bonds is 2. The van der Waals surface area contributed by atoms with Gasteiger partial charge in [-0.2, -0.15) is 4.99 Å². The molecule has 4 atom stereocenters. The molecule has 0 amide bonds. The van der Waals surface area contributed by atoms with Crippen LogP contribution in [-0.4, -0.2) is 41.4 Å². The van der Waals surface area contributed by atoms with E-state index < -0.39 is 11.0 Å². The standard InChI is InChI=1S/C17H24N2O4/c1-10-7-8-19-13-17(6,23-15(19)18-10)11(2)12(22-13)9-21-14(20)16(3,4)5/h7-8,11-13H,1,9H2,2-6H3/t11-,12-,13-,17+/m1/s1. The summed E-state index contributed by atoms with van der Waals surface area (Å²) in [7, 11) is 0. The summed E-state index contributed by atoms with van der Waals surface area (Å²) in [5.41, 5.74) is -0.399. The number of fused-ring (bicyclic) bond motifs is 3. The molecule has 2 saturated heterocycles. The summed E-state index contributed by atoms with van der Waals surface area (Å²) in [5.74, 6) is -0.178. The van der Waals surface area contributed by atoms with Crippen molar-refractivity contribution in [3.8, 4) is 0 Å². The summed E-state index contributed by atoms with van der Waals surface area (Å²) in [6.07, 6.45) is 3.20. The zero-order valence-electron chi connectivity index (χ0n) is 14.3. The summed E-state index contributed by atoms with van der Waals surface area (Å²) in [6, 6.07) is 0.516. The first kappa shape index (κ1) is 16.1. The van der Waals surface area contributed by atoms with Gasteiger partial charge in [-0.3, -0.25) is 9.69 Å². The molecule has 0 aliphatic carbocycles. The Hall–Kier alpha value is -1.82. The second-order valence-electron chi connectivity index (χ2n) is 7.56. The van der Waals surface area contributed by atoms with Crippen molar-refractivity contribution in [3.05, 3.63) is 24.6 Å². The monoisotopic (exact) mass is 320 g/mol. The van der Waals surface area contributed by atoms with Crippen molar-refractivity contribution >= 4 is 12.0 Å². The predicted octanol–water partition coefficient (Wildman–Crippen LogP) is 2.42. The van der Waals surface area contributed by atoms with Crippen molar-refractivity contribution in [2.75, 3.05) is 6.61 Å². The van der Waals surface area contributed by atoms with E-state index in [0.717, 1.165) is 0 Å². The van der Waals surface area contributed by atoms with Crippen LogP contribution in [0.2, 0.25) is 0 Å². The molecule has 0 spiro atoms. The van der Waals surface area contributed by atoms with Gasteiger partial charge >= 0.3 is 5.97 Å². The van der Waals surface area contributed by atoms with E-state index in [4.69, 9.17) is 14.2 Å². The molecule has 3 aliphatic heterocycles. The fourth-order valence-electron chi connectivity index (χ4n) is 2.95. The molecule has 3 heterocycles. The maximum absolute atomic E-state index is 12.0. The largest absolute Gasteiger partial charge is 0.463 e. The van der Waals surface area contributed by atoms with Crippen LogP contribution >= 0.6 is 0 Å². The molecule has 0 radical (unpaired) electrons. The van der Waals surface area contributed by atoms with E-state index in [1.165, 1.54) is 0 Å². The smallest absolute Gasteiger partial charge is 0.311 e. The average Bonchev–Trinajstić information content (AvgIpc) is 2.85. The molecule has 6 nitrogen and oxygen atoms in total. The van der Waals surface area contributed by atoms with Gasteiger partial charge in [0.05, 0.1) is 11.1 Å². The first-order valence-electron chi connectivity index (χ1n) is 7.89. The van der Waals surface area contributed by atoms with E-state index in [1.54, 1.807) is 0 Å². The van der Waals surface area contributed by atoms with Gasteiger partial charge in [-0.15, -0.1) is 0 Å². The Morgan fingerprint density at radius 2 is 2.22 bits per heavy atom. The van der Waals surface area contributed by atoms with Crippen LogP contribution in [-0.2, 0) is 19.0 Å². The lowest BCUT2D eigenvalue weighted by Gasteiger charge is -2.26. The SMILES string of the molecule is C=C1C=CN2C(=N1)O[C@@]1(C)[C@H](C)[C@@H](COC(=O)C(C)(C)C)O[C@@H]21. The Balaban J connectivity index is 1.71. The molecule has 0 unspecified atom stereocenters. The van der Waals surface area contributed by atoms with E-state index in [0.29, 0.717) is 11.7 Å². The van der Waals surface area contributed by atoms with Crippen LogP contribution in [0, 0.1) is 11.3 Å². The van der Waals surface area contributed by atoms with Crippen LogP contribution in [0.25, 0.3) is 0 Å². The second-order valence-corrected chi connectivity index (χ2v) is 7.56. The Morgan fingerprint density at radius 1 is 1.52 bits per heavy atom. The number of carbonyl (C=O) groups excluding carboxylic acids is 1. The van der Waals surface area contributed by atoms with Gasteiger partial charge in [0.25, 0.3) is 6.02 Å². The molecular formula is C17H24N2O4. The van der Waals surface area contributed by atoms with Crippen LogP contribution in [0.1, 0.15) is 34.6 Å². The fourth-order valence-corrected chi connectivity index (χ4v) is 2.95. The lowest BCUT2D eigenvalue weighted by atomic mass is 9.88. The number of allylic oxidation sites excluding steroid dienone is 1. The van der Waals surface area contributed by atoms with Gasteiger partial charge in [0.1, 0.15) is 12.7 Å². The first-order chi connectivity index (χ1) is 10.6. The zero-order chi connectivity index (χ0) is 17.0. The van der Waals surface area contributed by atoms with Gasteiger partial charge < -0.3 is 14.2 Å². The number of hydrogen-bond acceptors (Lipinski definition) is 6. The van der Waals surface area contributed by atoms with Gasteiger partial charge in [0.2, 0.25) is 0 Å². The molecule has 3 aliphatic rings. The third kappa shape index (κ3) is 2.55. The second kappa shape index (κ2) is 5.09. The summed E-state index contributed by atoms with van der Waals surface area (Å²) in [5, 5.41) is 0. The van der Waals surface area contributed by atoms with Crippen molar-refractivity contribution in [2.45, 2.75) is 52.6 Å². The highest BCUT2D eigenvalue weighted by Crippen LogP contribution is 2.46. The molecule has 2 fully saturated rings. The molecule has 0 bridgehead atoms. The van der Waals surface area contributed by atoms with E-state index in [1.807, 2.05) is 51.8 Å². The molecule has 0 aromatic carbocycles. The lowest BCUT2D eigenvalue weighted by Crippen LogP contribution is -2.41. The summed E-state index contributed by atoms with van der Waals surface area (Å²) >= 11 is 0. The van der Waals surface area contributed by atoms with Crippen molar-refractivity contribution < 1.29 is 19.0 Å². The van der Waals surface area contributed by atoms with E-state index in [-0.39, 0.29) is 30.8 Å². The van der Waals surface area contributed by atoms with E-state index in [9.17, 15) is 4.79 Å². The number of nitrogens with zero attached hydrogens (tertiary/aromatic N) is 2. The molecule has 23 heavy (non-hydrogen) atoms. The minimum Gasteiger partial charge on any atom is -0.463 e. The Labute approximate surface area is 136 Å². The van der Waals surface area contributed by atoms with Crippen molar-refractivity contribution in [3.63, 3.8) is 0 Å². The van der Waals surface area contributed by atoms with Crippen LogP contribution < -0.4 is 0 Å². The quantitative estimate of drug-likeness (QED) is 0.731. The van der Waals surface area contributed by atoms with E-state index in [2.05, 4.69) is 11.6 Å².